The average Bonchev–Trinajstić information content (AvgIpc) is 3.06. The third kappa shape index (κ3) is 4.88. The van der Waals surface area contributed by atoms with Gasteiger partial charge in [-0.15, -0.1) is 17.0 Å². The van der Waals surface area contributed by atoms with E-state index in [1.807, 2.05) is 7.05 Å². The summed E-state index contributed by atoms with van der Waals surface area (Å²) in [6, 6.07) is 5.73. The third-order valence-corrected chi connectivity index (χ3v) is 4.79. The van der Waals surface area contributed by atoms with E-state index < -0.39 is 11.7 Å². The highest BCUT2D eigenvalue weighted by Crippen LogP contribution is 2.36. The maximum absolute atomic E-state index is 12.8. The van der Waals surface area contributed by atoms with E-state index in [4.69, 9.17) is 0 Å². The quantitative estimate of drug-likeness (QED) is 0.788. The number of benzene rings is 1. The molecule has 2 N–H and O–H groups in total. The molecular weight excluding hydrogens is 397 g/mol. The molecule has 25 heavy (non-hydrogen) atoms. The van der Waals surface area contributed by atoms with Crippen LogP contribution in [0.15, 0.2) is 29.3 Å². The first kappa shape index (κ1) is 20.0. The van der Waals surface area contributed by atoms with Crippen LogP contribution in [0.25, 0.3) is 0 Å². The molecule has 140 valence electrons. The van der Waals surface area contributed by atoms with Crippen LogP contribution >= 0.6 is 17.0 Å². The van der Waals surface area contributed by atoms with Gasteiger partial charge < -0.3 is 10.6 Å². The number of nitrogens with zero attached hydrogens (tertiary/aromatic N) is 2. The van der Waals surface area contributed by atoms with Crippen LogP contribution in [0.4, 0.5) is 13.2 Å². The van der Waals surface area contributed by atoms with Crippen LogP contribution in [0.5, 0.6) is 0 Å². The second-order valence-electron chi connectivity index (χ2n) is 6.49. The van der Waals surface area contributed by atoms with Crippen molar-refractivity contribution in [2.45, 2.75) is 25.1 Å². The summed E-state index contributed by atoms with van der Waals surface area (Å²) in [7, 11) is 2.04. The molecule has 3 rings (SSSR count). The normalized spacial score (nSPS) is 24.2. The highest BCUT2D eigenvalue weighted by molar-refractivity contribution is 8.93. The number of hydrogen-bond donors (Lipinski definition) is 2. The van der Waals surface area contributed by atoms with E-state index in [1.54, 1.807) is 12.1 Å². The fraction of sp³-hybridized carbons (Fsp3) is 0.588. The monoisotopic (exact) mass is 420 g/mol. The Kier molecular flexibility index (Phi) is 6.73. The van der Waals surface area contributed by atoms with Crippen molar-refractivity contribution in [3.63, 3.8) is 0 Å². The van der Waals surface area contributed by atoms with Gasteiger partial charge in [0, 0.05) is 19.1 Å². The van der Waals surface area contributed by atoms with Crippen LogP contribution in [0.2, 0.25) is 0 Å². The van der Waals surface area contributed by atoms with Gasteiger partial charge in [-0.1, -0.05) is 12.1 Å². The van der Waals surface area contributed by atoms with Crippen LogP contribution in [0.1, 0.15) is 30.0 Å². The van der Waals surface area contributed by atoms with E-state index >= 15 is 0 Å². The van der Waals surface area contributed by atoms with Gasteiger partial charge in [0.2, 0.25) is 0 Å². The lowest BCUT2D eigenvalue weighted by Gasteiger charge is -2.40. The first-order valence-electron chi connectivity index (χ1n) is 8.35. The van der Waals surface area contributed by atoms with Crippen molar-refractivity contribution in [1.29, 1.82) is 0 Å². The molecule has 1 aromatic rings. The van der Waals surface area contributed by atoms with E-state index in [0.717, 1.165) is 50.5 Å². The molecule has 2 aliphatic rings. The van der Waals surface area contributed by atoms with Gasteiger partial charge in [0.25, 0.3) is 0 Å². The Hall–Kier alpha value is -1.28. The number of rotatable bonds is 3. The third-order valence-electron chi connectivity index (χ3n) is 4.79. The molecule has 0 bridgehead atoms. The second-order valence-corrected chi connectivity index (χ2v) is 6.49. The molecule has 8 heteroatoms. The molecular formula is C17H24BrF3N4. The lowest BCUT2D eigenvalue weighted by atomic mass is 9.84. The summed E-state index contributed by atoms with van der Waals surface area (Å²) < 4.78 is 38.3. The minimum atomic E-state index is -4.29. The molecule has 0 aromatic heterocycles. The molecule has 2 atom stereocenters. The first-order valence-corrected chi connectivity index (χ1v) is 8.35. The van der Waals surface area contributed by atoms with E-state index in [9.17, 15) is 13.2 Å². The summed E-state index contributed by atoms with van der Waals surface area (Å²) in [5.74, 6) is 1.17. The summed E-state index contributed by atoms with van der Waals surface area (Å²) >= 11 is 0. The molecule has 0 aliphatic carbocycles. The molecule has 1 fully saturated rings. The molecule has 0 saturated carbocycles. The van der Waals surface area contributed by atoms with Gasteiger partial charge in [-0.25, -0.2) is 0 Å². The Labute approximate surface area is 156 Å². The van der Waals surface area contributed by atoms with E-state index in [1.165, 1.54) is 12.1 Å². The van der Waals surface area contributed by atoms with Crippen molar-refractivity contribution < 1.29 is 13.2 Å². The van der Waals surface area contributed by atoms with Crippen molar-refractivity contribution in [1.82, 2.24) is 15.5 Å². The average molecular weight is 421 g/mol. The molecule has 1 saturated heterocycles. The van der Waals surface area contributed by atoms with Gasteiger partial charge in [0.15, 0.2) is 5.96 Å². The smallest absolute Gasteiger partial charge is 0.356 e. The van der Waals surface area contributed by atoms with Gasteiger partial charge >= 0.3 is 6.18 Å². The summed E-state index contributed by atoms with van der Waals surface area (Å²) in [6.45, 7) is 3.37. The number of likely N-dealkylation sites (tertiary alicyclic amines) is 1. The summed E-state index contributed by atoms with van der Waals surface area (Å²) in [5.41, 5.74) is 0.349. The Bertz CT molecular complexity index is 589. The van der Waals surface area contributed by atoms with Crippen molar-refractivity contribution in [3.05, 3.63) is 35.4 Å². The Morgan fingerprint density at radius 1 is 1.28 bits per heavy atom. The molecule has 0 amide bonds. The summed E-state index contributed by atoms with van der Waals surface area (Å²) in [5, 5.41) is 6.53. The Morgan fingerprint density at radius 3 is 2.60 bits per heavy atom. The minimum Gasteiger partial charge on any atom is -0.356 e. The maximum Gasteiger partial charge on any atom is 0.416 e. The molecule has 0 radical (unpaired) electrons. The first-order chi connectivity index (χ1) is 11.4. The molecule has 2 unspecified atom stereocenters. The summed E-state index contributed by atoms with van der Waals surface area (Å²) in [4.78, 5) is 6.57. The zero-order chi connectivity index (χ0) is 17.2. The largest absolute Gasteiger partial charge is 0.416 e. The van der Waals surface area contributed by atoms with Crippen LogP contribution in [0.3, 0.4) is 0 Å². The SMILES string of the molecule is Br.CN1CCCC(CNC2=NCCN2)C1c1ccc(C(F)(F)F)cc1. The van der Waals surface area contributed by atoms with Crippen molar-refractivity contribution in [3.8, 4) is 0 Å². The fourth-order valence-electron chi connectivity index (χ4n) is 3.61. The number of halogens is 4. The predicted octanol–water partition coefficient (Wildman–Crippen LogP) is 3.22. The maximum atomic E-state index is 12.8. The van der Waals surface area contributed by atoms with Crippen LogP contribution in [-0.4, -0.2) is 44.1 Å². The molecule has 2 heterocycles. The minimum absolute atomic E-state index is 0. The van der Waals surface area contributed by atoms with Crippen molar-refractivity contribution in [2.24, 2.45) is 10.9 Å². The predicted molar refractivity (Wildman–Crippen MR) is 98.2 cm³/mol. The zero-order valence-electron chi connectivity index (χ0n) is 14.1. The molecule has 2 aliphatic heterocycles. The number of alkyl halides is 3. The second kappa shape index (κ2) is 8.40. The van der Waals surface area contributed by atoms with E-state index in [-0.39, 0.29) is 23.0 Å². The standard InChI is InChI=1S/C17H23F3N4.BrH/c1-24-10-2-3-13(11-23-16-21-8-9-22-16)15(24)12-4-6-14(7-5-12)17(18,19)20;/h4-7,13,15H,2-3,8-11H2,1H3,(H2,21,22,23);1H. The summed E-state index contributed by atoms with van der Waals surface area (Å²) in [6.07, 6.45) is -2.14. The van der Waals surface area contributed by atoms with Gasteiger partial charge in [-0.05, 0) is 50.0 Å². The number of nitrogens with one attached hydrogen (secondary N) is 2. The number of piperidine rings is 1. The number of hydrogen-bond acceptors (Lipinski definition) is 4. The van der Waals surface area contributed by atoms with E-state index in [2.05, 4.69) is 20.5 Å². The fourth-order valence-corrected chi connectivity index (χ4v) is 3.61. The zero-order valence-corrected chi connectivity index (χ0v) is 15.9. The molecule has 4 nitrogen and oxygen atoms in total. The number of guanidine groups is 1. The van der Waals surface area contributed by atoms with Gasteiger partial charge in [0.05, 0.1) is 12.1 Å². The topological polar surface area (TPSA) is 39.7 Å². The van der Waals surface area contributed by atoms with Gasteiger partial charge in [-0.3, -0.25) is 9.89 Å². The van der Waals surface area contributed by atoms with Crippen LogP contribution < -0.4 is 10.6 Å². The van der Waals surface area contributed by atoms with Gasteiger partial charge in [-0.2, -0.15) is 13.2 Å². The molecule has 1 aromatic carbocycles. The van der Waals surface area contributed by atoms with Gasteiger partial charge in [0.1, 0.15) is 0 Å². The van der Waals surface area contributed by atoms with Crippen molar-refractivity contribution in [2.75, 3.05) is 33.2 Å². The van der Waals surface area contributed by atoms with Crippen LogP contribution in [-0.2, 0) is 6.18 Å². The van der Waals surface area contributed by atoms with Crippen molar-refractivity contribution >= 4 is 22.9 Å². The lowest BCUT2D eigenvalue weighted by Crippen LogP contribution is -2.43. The van der Waals surface area contributed by atoms with E-state index in [0.29, 0.717) is 5.92 Å². The lowest BCUT2D eigenvalue weighted by molar-refractivity contribution is -0.137. The highest BCUT2D eigenvalue weighted by Gasteiger charge is 2.33. The molecule has 0 spiro atoms. The van der Waals surface area contributed by atoms with Crippen LogP contribution in [0, 0.1) is 5.92 Å². The Balaban J connectivity index is 0.00000225. The highest BCUT2D eigenvalue weighted by atomic mass is 79.9. The number of aliphatic imine (C=N–C) groups is 1. The Morgan fingerprint density at radius 2 is 2.00 bits per heavy atom.